The van der Waals surface area contributed by atoms with Gasteiger partial charge in [0.25, 0.3) is 0 Å². The number of nitrogens with zero attached hydrogens (tertiary/aromatic N) is 2. The number of carbonyl (C=O) groups is 1. The molecular formula is C19H22Cl3N3O2. The highest BCUT2D eigenvalue weighted by Crippen LogP contribution is 2.24. The summed E-state index contributed by atoms with van der Waals surface area (Å²) in [5.74, 6) is 0.315. The predicted molar refractivity (Wildman–Crippen MR) is 112 cm³/mol. The molecule has 0 atom stereocenters. The SMILES string of the molecule is Cl.O=C(OCCCc1ccc(Cl)cc1)c1cnc(N2CCNCC2)c(Cl)c1. The molecule has 1 aromatic carbocycles. The summed E-state index contributed by atoms with van der Waals surface area (Å²) in [6, 6.07) is 9.30. The Bertz CT molecular complexity index is 750. The average molecular weight is 431 g/mol. The molecule has 1 aromatic heterocycles. The third-order valence-electron chi connectivity index (χ3n) is 4.23. The van der Waals surface area contributed by atoms with E-state index in [0.717, 1.165) is 44.6 Å². The number of esters is 1. The summed E-state index contributed by atoms with van der Waals surface area (Å²) in [5, 5.41) is 4.47. The molecule has 5 nitrogen and oxygen atoms in total. The van der Waals surface area contributed by atoms with Crippen molar-refractivity contribution in [1.82, 2.24) is 10.3 Å². The molecule has 0 saturated carbocycles. The maximum absolute atomic E-state index is 12.2. The largest absolute Gasteiger partial charge is 0.462 e. The number of ether oxygens (including phenoxy) is 1. The Balaban J connectivity index is 0.00000261. The van der Waals surface area contributed by atoms with Crippen LogP contribution >= 0.6 is 35.6 Å². The van der Waals surface area contributed by atoms with Crippen molar-refractivity contribution in [2.75, 3.05) is 37.7 Å². The molecule has 0 spiro atoms. The van der Waals surface area contributed by atoms with Crippen LogP contribution in [0, 0.1) is 0 Å². The van der Waals surface area contributed by atoms with E-state index in [2.05, 4.69) is 15.2 Å². The fourth-order valence-electron chi connectivity index (χ4n) is 2.83. The van der Waals surface area contributed by atoms with Gasteiger partial charge in [0.2, 0.25) is 0 Å². The van der Waals surface area contributed by atoms with Gasteiger partial charge in [0.15, 0.2) is 0 Å². The van der Waals surface area contributed by atoms with Crippen LogP contribution in [0.4, 0.5) is 5.82 Å². The maximum Gasteiger partial charge on any atom is 0.339 e. The van der Waals surface area contributed by atoms with Crippen LogP contribution in [0.1, 0.15) is 22.3 Å². The lowest BCUT2D eigenvalue weighted by Crippen LogP contribution is -2.44. The topological polar surface area (TPSA) is 54.5 Å². The van der Waals surface area contributed by atoms with Gasteiger partial charge < -0.3 is 15.0 Å². The quantitative estimate of drug-likeness (QED) is 0.554. The van der Waals surface area contributed by atoms with E-state index >= 15 is 0 Å². The van der Waals surface area contributed by atoms with Crippen LogP contribution in [-0.4, -0.2) is 43.7 Å². The van der Waals surface area contributed by atoms with Gasteiger partial charge in [-0.2, -0.15) is 0 Å². The predicted octanol–water partition coefficient (Wildman–Crippen LogP) is 4.01. The van der Waals surface area contributed by atoms with Crippen molar-refractivity contribution in [1.29, 1.82) is 0 Å². The molecule has 1 aliphatic rings. The van der Waals surface area contributed by atoms with Crippen LogP contribution in [0.5, 0.6) is 0 Å². The van der Waals surface area contributed by atoms with E-state index in [1.807, 2.05) is 24.3 Å². The van der Waals surface area contributed by atoms with Gasteiger partial charge in [-0.3, -0.25) is 0 Å². The van der Waals surface area contributed by atoms with Gasteiger partial charge in [0, 0.05) is 37.4 Å². The molecule has 8 heteroatoms. The Kier molecular flexibility index (Phi) is 8.64. The monoisotopic (exact) mass is 429 g/mol. The summed E-state index contributed by atoms with van der Waals surface area (Å²) in [6.07, 6.45) is 3.10. The van der Waals surface area contributed by atoms with Crippen molar-refractivity contribution < 1.29 is 9.53 Å². The second-order valence-corrected chi connectivity index (χ2v) is 6.98. The molecule has 1 N–H and O–H groups in total. The minimum absolute atomic E-state index is 0. The summed E-state index contributed by atoms with van der Waals surface area (Å²) in [7, 11) is 0. The number of halogens is 3. The van der Waals surface area contributed by atoms with Crippen LogP contribution in [0.3, 0.4) is 0 Å². The Hall–Kier alpha value is -1.53. The van der Waals surface area contributed by atoms with E-state index in [4.69, 9.17) is 27.9 Å². The number of rotatable bonds is 6. The second kappa shape index (κ2) is 10.7. The number of benzene rings is 1. The van der Waals surface area contributed by atoms with Crippen molar-refractivity contribution >= 4 is 47.4 Å². The average Bonchev–Trinajstić information content (AvgIpc) is 2.67. The Morgan fingerprint density at radius 3 is 2.56 bits per heavy atom. The second-order valence-electron chi connectivity index (χ2n) is 6.13. The number of anilines is 1. The number of aromatic nitrogens is 1. The highest BCUT2D eigenvalue weighted by molar-refractivity contribution is 6.33. The first kappa shape index (κ1) is 21.8. The highest BCUT2D eigenvalue weighted by Gasteiger charge is 2.17. The minimum Gasteiger partial charge on any atom is -0.462 e. The van der Waals surface area contributed by atoms with Crippen LogP contribution in [0.25, 0.3) is 0 Å². The number of nitrogens with one attached hydrogen (secondary N) is 1. The maximum atomic E-state index is 12.2. The zero-order valence-corrected chi connectivity index (χ0v) is 17.1. The zero-order valence-electron chi connectivity index (χ0n) is 14.8. The number of hydrogen-bond donors (Lipinski definition) is 1. The normalized spacial score (nSPS) is 13.8. The molecule has 1 saturated heterocycles. The van der Waals surface area contributed by atoms with Crippen molar-refractivity contribution in [3.05, 3.63) is 57.7 Å². The summed E-state index contributed by atoms with van der Waals surface area (Å²) < 4.78 is 5.33. The van der Waals surface area contributed by atoms with E-state index in [-0.39, 0.29) is 12.4 Å². The molecule has 146 valence electrons. The first-order valence-corrected chi connectivity index (χ1v) is 9.42. The molecule has 0 radical (unpaired) electrons. The fourth-order valence-corrected chi connectivity index (χ4v) is 3.24. The molecule has 3 rings (SSSR count). The molecule has 27 heavy (non-hydrogen) atoms. The highest BCUT2D eigenvalue weighted by atomic mass is 35.5. The van der Waals surface area contributed by atoms with Gasteiger partial charge in [-0.05, 0) is 36.6 Å². The summed E-state index contributed by atoms with van der Waals surface area (Å²) >= 11 is 12.2. The third-order valence-corrected chi connectivity index (χ3v) is 4.76. The van der Waals surface area contributed by atoms with Gasteiger partial charge in [0.1, 0.15) is 5.82 Å². The number of carbonyl (C=O) groups excluding carboxylic acids is 1. The van der Waals surface area contributed by atoms with Crippen molar-refractivity contribution in [2.45, 2.75) is 12.8 Å². The van der Waals surface area contributed by atoms with E-state index in [1.165, 1.54) is 6.20 Å². The summed E-state index contributed by atoms with van der Waals surface area (Å²) in [5.41, 5.74) is 1.54. The standard InChI is InChI=1S/C19H21Cl2N3O2.ClH/c20-16-5-3-14(4-6-16)2-1-11-26-19(25)15-12-17(21)18(23-13-15)24-9-7-22-8-10-24;/h3-6,12-13,22H,1-2,7-11H2;1H. The molecule has 0 aliphatic carbocycles. The molecular weight excluding hydrogens is 409 g/mol. The Labute approximate surface area is 175 Å². The lowest BCUT2D eigenvalue weighted by molar-refractivity contribution is 0.0500. The Morgan fingerprint density at radius 2 is 1.89 bits per heavy atom. The third kappa shape index (κ3) is 6.25. The van der Waals surface area contributed by atoms with Crippen molar-refractivity contribution in [3.63, 3.8) is 0 Å². The number of aryl methyl sites for hydroxylation is 1. The van der Waals surface area contributed by atoms with Crippen molar-refractivity contribution in [3.8, 4) is 0 Å². The lowest BCUT2D eigenvalue weighted by Gasteiger charge is -2.29. The van der Waals surface area contributed by atoms with Crippen LogP contribution in [0.2, 0.25) is 10.0 Å². The smallest absolute Gasteiger partial charge is 0.339 e. The van der Waals surface area contributed by atoms with E-state index in [9.17, 15) is 4.79 Å². The van der Waals surface area contributed by atoms with Gasteiger partial charge in [-0.25, -0.2) is 9.78 Å². The van der Waals surface area contributed by atoms with Crippen LogP contribution in [0.15, 0.2) is 36.5 Å². The summed E-state index contributed by atoms with van der Waals surface area (Å²) in [6.45, 7) is 3.84. The fraction of sp³-hybridized carbons (Fsp3) is 0.368. The molecule has 1 aliphatic heterocycles. The lowest BCUT2D eigenvalue weighted by atomic mass is 10.1. The van der Waals surface area contributed by atoms with Crippen LogP contribution < -0.4 is 10.2 Å². The van der Waals surface area contributed by atoms with E-state index in [0.29, 0.717) is 28.0 Å². The number of piperazine rings is 1. The molecule has 0 unspecified atom stereocenters. The van der Waals surface area contributed by atoms with Gasteiger partial charge in [-0.15, -0.1) is 12.4 Å². The zero-order chi connectivity index (χ0) is 18.4. The molecule has 0 amide bonds. The van der Waals surface area contributed by atoms with Gasteiger partial charge >= 0.3 is 5.97 Å². The van der Waals surface area contributed by atoms with E-state index < -0.39 is 5.97 Å². The number of pyridine rings is 1. The molecule has 2 aromatic rings. The first-order valence-electron chi connectivity index (χ1n) is 8.66. The van der Waals surface area contributed by atoms with Crippen molar-refractivity contribution in [2.24, 2.45) is 0 Å². The summed E-state index contributed by atoms with van der Waals surface area (Å²) in [4.78, 5) is 18.6. The van der Waals surface area contributed by atoms with Gasteiger partial charge in [0.05, 0.1) is 17.2 Å². The minimum atomic E-state index is -0.401. The Morgan fingerprint density at radius 1 is 1.19 bits per heavy atom. The first-order chi connectivity index (χ1) is 12.6. The van der Waals surface area contributed by atoms with Gasteiger partial charge in [-0.1, -0.05) is 35.3 Å². The molecule has 1 fully saturated rings. The number of hydrogen-bond acceptors (Lipinski definition) is 5. The molecule has 0 bridgehead atoms. The van der Waals surface area contributed by atoms with E-state index in [1.54, 1.807) is 6.07 Å². The van der Waals surface area contributed by atoms with Crippen LogP contribution in [-0.2, 0) is 11.2 Å². The molecule has 2 heterocycles.